The molecule has 4 fully saturated rings. The van der Waals surface area contributed by atoms with Crippen LogP contribution in [0, 0.1) is 0 Å². The molecule has 246 valence electrons. The lowest BCUT2D eigenvalue weighted by Gasteiger charge is -2.47. The van der Waals surface area contributed by atoms with Gasteiger partial charge in [0.15, 0.2) is 18.9 Å². The summed E-state index contributed by atoms with van der Waals surface area (Å²) in [5.41, 5.74) is 35.6. The average molecular weight is 615 g/mol. The molecule has 19 heteroatoms. The molecule has 0 aromatic heterocycles. The third-order valence-electron chi connectivity index (χ3n) is 8.37. The highest BCUT2D eigenvalue weighted by Crippen LogP contribution is 2.34. The summed E-state index contributed by atoms with van der Waals surface area (Å²) in [6.45, 7) is -0.967. The standard InChI is InChI=1S/C23H46N6O13/c24-2-7-13(32)15(34)10(28)21(37-7)40-18-6(27)1-5(26)12(31)20(18)42-23-17(36)19(9(4-30)39-23)41-22-11(29)16(35)14(33)8(3-25)38-22/h5-23,30-36H,1-4,24-29H2/t5-,6+,7-,8+,9-,10+,11+,12-,13-,14-,15-,16-,17+,18+,19+,20-,21-,22-,23+/m1/s1. The minimum atomic E-state index is -1.60. The second-order valence-electron chi connectivity index (χ2n) is 11.2. The maximum absolute atomic E-state index is 11.1. The van der Waals surface area contributed by atoms with Crippen LogP contribution in [0.5, 0.6) is 0 Å². The molecule has 1 saturated carbocycles. The van der Waals surface area contributed by atoms with Crippen LogP contribution in [0.25, 0.3) is 0 Å². The molecule has 0 amide bonds. The van der Waals surface area contributed by atoms with Crippen molar-refractivity contribution in [2.24, 2.45) is 34.4 Å². The monoisotopic (exact) mass is 614 g/mol. The Hall–Kier alpha value is -0.760. The molecule has 0 aromatic carbocycles. The van der Waals surface area contributed by atoms with Crippen molar-refractivity contribution in [2.75, 3.05) is 19.7 Å². The van der Waals surface area contributed by atoms with Crippen LogP contribution >= 0.6 is 0 Å². The molecule has 19 N–H and O–H groups in total. The Labute approximate surface area is 241 Å². The van der Waals surface area contributed by atoms with Crippen LogP contribution in [0.2, 0.25) is 0 Å². The van der Waals surface area contributed by atoms with E-state index in [1.165, 1.54) is 0 Å². The average Bonchev–Trinajstić information content (AvgIpc) is 3.27. The van der Waals surface area contributed by atoms with Gasteiger partial charge in [-0.1, -0.05) is 0 Å². The largest absolute Gasteiger partial charge is 0.394 e. The number of aliphatic hydroxyl groups is 7. The van der Waals surface area contributed by atoms with Crippen LogP contribution in [0.15, 0.2) is 0 Å². The number of hydrogen-bond donors (Lipinski definition) is 13. The molecule has 3 heterocycles. The molecule has 3 aliphatic heterocycles. The Morgan fingerprint density at radius 1 is 0.524 bits per heavy atom. The highest BCUT2D eigenvalue weighted by Gasteiger charge is 2.54. The Morgan fingerprint density at radius 2 is 0.976 bits per heavy atom. The number of nitrogens with two attached hydrogens (primary N) is 6. The summed E-state index contributed by atoms with van der Waals surface area (Å²) in [6, 6.07) is -4.18. The Morgan fingerprint density at radius 3 is 1.45 bits per heavy atom. The number of aliphatic hydroxyl groups excluding tert-OH is 7. The van der Waals surface area contributed by atoms with E-state index in [1.54, 1.807) is 0 Å². The molecule has 4 aliphatic rings. The van der Waals surface area contributed by atoms with Crippen LogP contribution in [0.4, 0.5) is 0 Å². The van der Waals surface area contributed by atoms with E-state index in [9.17, 15) is 35.7 Å². The molecule has 0 bridgehead atoms. The first-order valence-electron chi connectivity index (χ1n) is 13.9. The summed E-state index contributed by atoms with van der Waals surface area (Å²) < 4.78 is 34.6. The predicted octanol–water partition coefficient (Wildman–Crippen LogP) is -8.90. The summed E-state index contributed by atoms with van der Waals surface area (Å²) in [5, 5.41) is 73.0. The highest BCUT2D eigenvalue weighted by molar-refractivity contribution is 5.02. The van der Waals surface area contributed by atoms with Crippen molar-refractivity contribution < 1.29 is 64.2 Å². The lowest BCUT2D eigenvalue weighted by atomic mass is 9.84. The van der Waals surface area contributed by atoms with Gasteiger partial charge in [0.05, 0.1) is 24.8 Å². The molecule has 19 atom stereocenters. The third kappa shape index (κ3) is 6.60. The minimum absolute atomic E-state index is 0.0889. The summed E-state index contributed by atoms with van der Waals surface area (Å²) in [7, 11) is 0. The van der Waals surface area contributed by atoms with Crippen molar-refractivity contribution in [3.8, 4) is 0 Å². The van der Waals surface area contributed by atoms with Crippen LogP contribution in [0.3, 0.4) is 0 Å². The molecule has 1 aliphatic carbocycles. The van der Waals surface area contributed by atoms with Crippen LogP contribution in [-0.4, -0.2) is 172 Å². The molecule has 42 heavy (non-hydrogen) atoms. The molecular formula is C23H46N6O13. The SMILES string of the molecule is NC[C@@H]1O[C@H](O[C@@H]2[C@H](O)[C@H](O[C@@H]3[C@H](O)[C@H](N)C[C@H](N)[C@@H]3O[C@H]3O[C@H](CN)[C@@H](O)[C@H](O)[C@@H]3N)O[C@@H]2CO)[C@@H](N)[C@@H](O)[C@@H]1O. The Balaban J connectivity index is 1.50. The molecule has 4 rings (SSSR count). The van der Waals surface area contributed by atoms with Gasteiger partial charge >= 0.3 is 0 Å². The maximum Gasteiger partial charge on any atom is 0.187 e. The molecule has 0 spiro atoms. The van der Waals surface area contributed by atoms with Crippen molar-refractivity contribution in [3.05, 3.63) is 0 Å². The first kappa shape index (κ1) is 34.1. The normalized spacial score (nSPS) is 53.8. The summed E-state index contributed by atoms with van der Waals surface area (Å²) in [4.78, 5) is 0. The fourth-order valence-electron chi connectivity index (χ4n) is 5.74. The maximum atomic E-state index is 11.1. The van der Waals surface area contributed by atoms with Crippen molar-refractivity contribution in [2.45, 2.75) is 123 Å². The fourth-order valence-corrected chi connectivity index (χ4v) is 5.74. The van der Waals surface area contributed by atoms with Gasteiger partial charge in [-0.15, -0.1) is 0 Å². The predicted molar refractivity (Wildman–Crippen MR) is 138 cm³/mol. The zero-order valence-corrected chi connectivity index (χ0v) is 22.8. The van der Waals surface area contributed by atoms with E-state index in [0.29, 0.717) is 0 Å². The molecule has 0 unspecified atom stereocenters. The van der Waals surface area contributed by atoms with E-state index in [4.69, 9.17) is 62.8 Å². The van der Waals surface area contributed by atoms with Crippen LogP contribution in [-0.2, 0) is 28.4 Å². The summed E-state index contributed by atoms with van der Waals surface area (Å²) in [5.74, 6) is 0. The van der Waals surface area contributed by atoms with E-state index in [2.05, 4.69) is 0 Å². The highest BCUT2D eigenvalue weighted by atomic mass is 16.8. The Bertz CT molecular complexity index is 868. The summed E-state index contributed by atoms with van der Waals surface area (Å²) in [6.07, 6.45) is -19.8. The topological polar surface area (TPSA) is 353 Å². The second-order valence-corrected chi connectivity index (χ2v) is 11.2. The van der Waals surface area contributed by atoms with E-state index in [-0.39, 0.29) is 19.5 Å². The zero-order valence-electron chi connectivity index (χ0n) is 22.8. The molecule has 3 saturated heterocycles. The quantitative estimate of drug-likeness (QED) is 0.115. The third-order valence-corrected chi connectivity index (χ3v) is 8.37. The first-order chi connectivity index (χ1) is 19.8. The minimum Gasteiger partial charge on any atom is -0.394 e. The van der Waals surface area contributed by atoms with Gasteiger partial charge in [0.1, 0.15) is 67.1 Å². The van der Waals surface area contributed by atoms with Crippen molar-refractivity contribution >= 4 is 0 Å². The van der Waals surface area contributed by atoms with Gasteiger partial charge < -0.3 is 98.6 Å². The van der Waals surface area contributed by atoms with Crippen molar-refractivity contribution in [1.29, 1.82) is 0 Å². The van der Waals surface area contributed by atoms with Gasteiger partial charge in [0.2, 0.25) is 0 Å². The molecule has 0 radical (unpaired) electrons. The Kier molecular flexibility index (Phi) is 11.5. The second kappa shape index (κ2) is 14.1. The van der Waals surface area contributed by atoms with Gasteiger partial charge in [-0.2, -0.15) is 0 Å². The zero-order chi connectivity index (χ0) is 31.0. The van der Waals surface area contributed by atoms with Crippen LogP contribution < -0.4 is 34.4 Å². The summed E-state index contributed by atoms with van der Waals surface area (Å²) >= 11 is 0. The van der Waals surface area contributed by atoms with Gasteiger partial charge in [-0.05, 0) is 6.42 Å². The number of ether oxygens (including phenoxy) is 6. The molecular weight excluding hydrogens is 568 g/mol. The number of hydrogen-bond acceptors (Lipinski definition) is 19. The molecule has 0 aromatic rings. The van der Waals surface area contributed by atoms with Crippen molar-refractivity contribution in [3.63, 3.8) is 0 Å². The molecule has 19 nitrogen and oxygen atoms in total. The van der Waals surface area contributed by atoms with Gasteiger partial charge in [0, 0.05) is 25.2 Å². The van der Waals surface area contributed by atoms with E-state index in [0.717, 1.165) is 0 Å². The first-order valence-corrected chi connectivity index (χ1v) is 13.9. The van der Waals surface area contributed by atoms with Gasteiger partial charge in [-0.3, -0.25) is 0 Å². The lowest BCUT2D eigenvalue weighted by Crippen LogP contribution is -2.68. The van der Waals surface area contributed by atoms with Gasteiger partial charge in [-0.25, -0.2) is 0 Å². The van der Waals surface area contributed by atoms with Gasteiger partial charge in [0.25, 0.3) is 0 Å². The van der Waals surface area contributed by atoms with Crippen molar-refractivity contribution in [1.82, 2.24) is 0 Å². The lowest BCUT2D eigenvalue weighted by molar-refractivity contribution is -0.306. The number of rotatable bonds is 9. The van der Waals surface area contributed by atoms with Crippen LogP contribution in [0.1, 0.15) is 6.42 Å². The fraction of sp³-hybridized carbons (Fsp3) is 1.00. The smallest absolute Gasteiger partial charge is 0.187 e. The van der Waals surface area contributed by atoms with E-state index in [1.807, 2.05) is 0 Å². The van der Waals surface area contributed by atoms with E-state index >= 15 is 0 Å². The van der Waals surface area contributed by atoms with E-state index < -0.39 is 123 Å².